The number of nitro benzene ring substituents is 1. The molecular weight excluding hydrogens is 514 g/mol. The van der Waals surface area contributed by atoms with Gasteiger partial charge in [-0.25, -0.2) is 8.42 Å². The Balaban J connectivity index is 1.80. The summed E-state index contributed by atoms with van der Waals surface area (Å²) >= 11 is 3.37. The smallest absolute Gasteiger partial charge is 0.308 e. The molecule has 33 heavy (non-hydrogen) atoms. The van der Waals surface area contributed by atoms with E-state index in [0.717, 1.165) is 10.0 Å². The number of para-hydroxylation sites is 1. The molecule has 0 bridgehead atoms. The summed E-state index contributed by atoms with van der Waals surface area (Å²) in [4.78, 5) is 24.3. The molecule has 0 amide bonds. The first kappa shape index (κ1) is 25.3. The van der Waals surface area contributed by atoms with E-state index >= 15 is 0 Å². The third-order valence-corrected chi connectivity index (χ3v) is 8.16. The van der Waals surface area contributed by atoms with Crippen molar-refractivity contribution in [2.45, 2.75) is 24.3 Å². The maximum absolute atomic E-state index is 13.5. The minimum absolute atomic E-state index is 0.0836. The van der Waals surface area contributed by atoms with Gasteiger partial charge in [0, 0.05) is 30.2 Å². The van der Waals surface area contributed by atoms with Crippen molar-refractivity contribution in [3.8, 4) is 0 Å². The van der Waals surface area contributed by atoms with Crippen LogP contribution in [-0.4, -0.2) is 61.8 Å². The van der Waals surface area contributed by atoms with E-state index in [1.54, 1.807) is 0 Å². The number of halogens is 1. The van der Waals surface area contributed by atoms with Crippen molar-refractivity contribution in [2.24, 2.45) is 5.92 Å². The van der Waals surface area contributed by atoms with Crippen LogP contribution in [0.15, 0.2) is 57.9 Å². The third-order valence-electron chi connectivity index (χ3n) is 5.74. The van der Waals surface area contributed by atoms with Gasteiger partial charge in [0.2, 0.25) is 10.0 Å². The molecule has 2 aromatic rings. The molecule has 1 saturated heterocycles. The largest absolute Gasteiger partial charge is 0.469 e. The summed E-state index contributed by atoms with van der Waals surface area (Å²) in [5, 5.41) is 11.5. The van der Waals surface area contributed by atoms with Crippen molar-refractivity contribution in [3.05, 3.63) is 68.7 Å². The van der Waals surface area contributed by atoms with E-state index in [0.29, 0.717) is 32.5 Å². The molecule has 11 heteroatoms. The van der Waals surface area contributed by atoms with Gasteiger partial charge in [0.1, 0.15) is 0 Å². The topological polar surface area (TPSA) is 110 Å². The zero-order chi connectivity index (χ0) is 24.0. The molecule has 1 aliphatic heterocycles. The third kappa shape index (κ3) is 6.38. The zero-order valence-corrected chi connectivity index (χ0v) is 20.6. The van der Waals surface area contributed by atoms with Crippen LogP contribution in [0.25, 0.3) is 0 Å². The highest BCUT2D eigenvalue weighted by Crippen LogP contribution is 2.28. The Labute approximate surface area is 201 Å². The number of rotatable bonds is 9. The van der Waals surface area contributed by atoms with Crippen LogP contribution in [0.2, 0.25) is 0 Å². The molecule has 0 aromatic heterocycles. The van der Waals surface area contributed by atoms with Crippen molar-refractivity contribution < 1.29 is 22.9 Å². The van der Waals surface area contributed by atoms with Crippen molar-refractivity contribution in [3.63, 3.8) is 0 Å². The maximum Gasteiger partial charge on any atom is 0.308 e. The Hall–Kier alpha value is -2.34. The van der Waals surface area contributed by atoms with E-state index in [9.17, 15) is 23.3 Å². The van der Waals surface area contributed by atoms with Gasteiger partial charge >= 0.3 is 5.97 Å². The summed E-state index contributed by atoms with van der Waals surface area (Å²) < 4.78 is 34.0. The molecule has 0 saturated carbocycles. The van der Waals surface area contributed by atoms with E-state index in [4.69, 9.17) is 4.74 Å². The summed E-state index contributed by atoms with van der Waals surface area (Å²) in [6.45, 7) is 1.99. The number of carbonyl (C=O) groups excluding carboxylic acids is 1. The average molecular weight is 540 g/mol. The second-order valence-electron chi connectivity index (χ2n) is 7.83. The summed E-state index contributed by atoms with van der Waals surface area (Å²) in [5.74, 6) is -0.355. The molecule has 178 valence electrons. The lowest BCUT2D eigenvalue weighted by atomic mass is 9.97. The molecule has 1 heterocycles. The van der Waals surface area contributed by atoms with Crippen LogP contribution in [0.4, 0.5) is 5.69 Å². The molecule has 0 atom stereocenters. The number of esters is 1. The van der Waals surface area contributed by atoms with Gasteiger partial charge in [-0.2, -0.15) is 4.31 Å². The molecule has 0 spiro atoms. The molecule has 0 radical (unpaired) electrons. The summed E-state index contributed by atoms with van der Waals surface area (Å²) in [6.07, 6.45) is 1.30. The van der Waals surface area contributed by atoms with Crippen molar-refractivity contribution >= 4 is 37.6 Å². The van der Waals surface area contributed by atoms with E-state index in [2.05, 4.69) is 20.8 Å². The van der Waals surface area contributed by atoms with Crippen LogP contribution in [0.5, 0.6) is 0 Å². The number of ether oxygens (including phenoxy) is 1. The molecule has 0 aliphatic carbocycles. The molecule has 0 N–H and O–H groups in total. The number of nitro groups is 1. The van der Waals surface area contributed by atoms with Gasteiger partial charge in [-0.15, -0.1) is 0 Å². The minimum Gasteiger partial charge on any atom is -0.469 e. The lowest BCUT2D eigenvalue weighted by molar-refractivity contribution is -0.387. The summed E-state index contributed by atoms with van der Waals surface area (Å²) in [6, 6.07) is 12.7. The number of carbonyl (C=O) groups is 1. The number of benzene rings is 2. The Morgan fingerprint density at radius 3 is 2.42 bits per heavy atom. The van der Waals surface area contributed by atoms with Gasteiger partial charge in [0.15, 0.2) is 4.90 Å². The molecule has 0 unspecified atom stereocenters. The van der Waals surface area contributed by atoms with Crippen LogP contribution in [-0.2, 0) is 26.1 Å². The quantitative estimate of drug-likeness (QED) is 0.272. The predicted octanol–water partition coefficient (Wildman–Crippen LogP) is 3.43. The normalized spacial score (nSPS) is 15.5. The van der Waals surface area contributed by atoms with Gasteiger partial charge in [-0.1, -0.05) is 40.2 Å². The fourth-order valence-corrected chi connectivity index (χ4v) is 5.70. The van der Waals surface area contributed by atoms with Crippen LogP contribution in [0.3, 0.4) is 0 Å². The molecular formula is C22H26BrN3O6S. The van der Waals surface area contributed by atoms with Gasteiger partial charge in [0.25, 0.3) is 5.69 Å². The van der Waals surface area contributed by atoms with E-state index in [1.165, 1.54) is 35.7 Å². The predicted molar refractivity (Wildman–Crippen MR) is 126 cm³/mol. The van der Waals surface area contributed by atoms with E-state index in [-0.39, 0.29) is 29.9 Å². The lowest BCUT2D eigenvalue weighted by Gasteiger charge is -2.32. The number of hydrogen-bond donors (Lipinski definition) is 0. The van der Waals surface area contributed by atoms with Crippen LogP contribution >= 0.6 is 15.9 Å². The van der Waals surface area contributed by atoms with E-state index in [1.807, 2.05) is 24.3 Å². The summed E-state index contributed by atoms with van der Waals surface area (Å²) in [5.41, 5.74) is 0.321. The molecule has 9 nitrogen and oxygen atoms in total. The SMILES string of the molecule is COC(=O)C1CCN(CCN(Cc2ccc(Br)cc2)S(=O)(=O)c2ccccc2[N+](=O)[O-])CC1. The zero-order valence-electron chi connectivity index (χ0n) is 18.2. The first-order valence-corrected chi connectivity index (χ1v) is 12.7. The highest BCUT2D eigenvalue weighted by molar-refractivity contribution is 9.10. The molecule has 1 aliphatic rings. The van der Waals surface area contributed by atoms with Crippen molar-refractivity contribution in [1.29, 1.82) is 0 Å². The first-order valence-electron chi connectivity index (χ1n) is 10.5. The Morgan fingerprint density at radius 2 is 1.82 bits per heavy atom. The van der Waals surface area contributed by atoms with Gasteiger partial charge in [-0.3, -0.25) is 14.9 Å². The fourth-order valence-electron chi connectivity index (χ4n) is 3.85. The van der Waals surface area contributed by atoms with Crippen LogP contribution in [0, 0.1) is 16.0 Å². The van der Waals surface area contributed by atoms with Crippen molar-refractivity contribution in [1.82, 2.24) is 9.21 Å². The Bertz CT molecular complexity index is 1090. The van der Waals surface area contributed by atoms with Crippen LogP contribution < -0.4 is 0 Å². The number of likely N-dealkylation sites (tertiary alicyclic amines) is 1. The van der Waals surface area contributed by atoms with Crippen molar-refractivity contribution in [2.75, 3.05) is 33.3 Å². The fraction of sp³-hybridized carbons (Fsp3) is 0.409. The highest BCUT2D eigenvalue weighted by atomic mass is 79.9. The Morgan fingerprint density at radius 1 is 1.18 bits per heavy atom. The second kappa shape index (κ2) is 11.2. The average Bonchev–Trinajstić information content (AvgIpc) is 2.82. The van der Waals surface area contributed by atoms with Gasteiger partial charge < -0.3 is 9.64 Å². The molecule has 1 fully saturated rings. The van der Waals surface area contributed by atoms with Gasteiger partial charge in [-0.05, 0) is 49.7 Å². The standard InChI is InChI=1S/C22H26BrN3O6S/c1-32-22(27)18-10-12-24(13-11-18)14-15-25(16-17-6-8-19(23)9-7-17)33(30,31)21-5-3-2-4-20(21)26(28)29/h2-9,18H,10-16H2,1H3. The Kier molecular flexibility index (Phi) is 8.57. The number of nitrogens with zero attached hydrogens (tertiary/aromatic N) is 3. The highest BCUT2D eigenvalue weighted by Gasteiger charge is 2.32. The number of sulfonamides is 1. The van der Waals surface area contributed by atoms with E-state index < -0.39 is 20.6 Å². The molecule has 2 aromatic carbocycles. The number of hydrogen-bond acceptors (Lipinski definition) is 7. The molecule has 3 rings (SSSR count). The number of methoxy groups -OCH3 is 1. The monoisotopic (exact) mass is 539 g/mol. The summed E-state index contributed by atoms with van der Waals surface area (Å²) in [7, 11) is -2.76. The maximum atomic E-state index is 13.5. The second-order valence-corrected chi connectivity index (χ2v) is 10.7. The van der Waals surface area contributed by atoms with Gasteiger partial charge in [0.05, 0.1) is 18.0 Å². The number of piperidine rings is 1. The van der Waals surface area contributed by atoms with Crippen LogP contribution in [0.1, 0.15) is 18.4 Å². The minimum atomic E-state index is -4.13. The first-order chi connectivity index (χ1) is 15.7. The lowest BCUT2D eigenvalue weighted by Crippen LogP contribution is -2.42.